The van der Waals surface area contributed by atoms with E-state index in [1.165, 1.54) is 36.8 Å². The average Bonchev–Trinajstić information content (AvgIpc) is 3.30. The van der Waals surface area contributed by atoms with Gasteiger partial charge in [-0.2, -0.15) is 0 Å². The van der Waals surface area contributed by atoms with Crippen LogP contribution in [0.3, 0.4) is 0 Å². The molecule has 2 unspecified atom stereocenters. The van der Waals surface area contributed by atoms with Crippen LogP contribution in [0.5, 0.6) is 0 Å². The first-order valence-electron chi connectivity index (χ1n) is 7.80. The maximum atomic E-state index is 6.05. The molecule has 1 aliphatic heterocycles. The van der Waals surface area contributed by atoms with E-state index in [1.807, 2.05) is 0 Å². The summed E-state index contributed by atoms with van der Waals surface area (Å²) in [6.45, 7) is 5.20. The quantitative estimate of drug-likeness (QED) is 0.871. The highest BCUT2D eigenvalue weighted by molar-refractivity contribution is 5.29. The number of ether oxygens (including phenoxy) is 1. The van der Waals surface area contributed by atoms with Gasteiger partial charge in [0.15, 0.2) is 0 Å². The second kappa shape index (κ2) is 6.06. The molecule has 0 amide bonds. The zero-order valence-electron chi connectivity index (χ0n) is 11.9. The van der Waals surface area contributed by atoms with Crippen molar-refractivity contribution in [1.82, 2.24) is 5.32 Å². The van der Waals surface area contributed by atoms with Gasteiger partial charge in [-0.05, 0) is 49.3 Å². The molecular weight excluding hydrogens is 234 g/mol. The smallest absolute Gasteiger partial charge is 0.0865 e. The highest BCUT2D eigenvalue weighted by Gasteiger charge is 2.28. The number of rotatable bonds is 5. The molecule has 1 heterocycles. The van der Waals surface area contributed by atoms with Crippen molar-refractivity contribution in [2.45, 2.75) is 44.6 Å². The van der Waals surface area contributed by atoms with Crippen molar-refractivity contribution in [3.63, 3.8) is 0 Å². The Kier molecular flexibility index (Phi) is 4.19. The first-order valence-corrected chi connectivity index (χ1v) is 7.80. The van der Waals surface area contributed by atoms with Crippen LogP contribution in [0.1, 0.15) is 55.8 Å². The highest BCUT2D eigenvalue weighted by Crippen LogP contribution is 2.41. The minimum Gasteiger partial charge on any atom is -0.373 e. The van der Waals surface area contributed by atoms with Crippen LogP contribution in [0, 0.1) is 5.92 Å². The van der Waals surface area contributed by atoms with E-state index < -0.39 is 0 Å². The third kappa shape index (κ3) is 3.18. The van der Waals surface area contributed by atoms with E-state index in [1.54, 1.807) is 0 Å². The van der Waals surface area contributed by atoms with Gasteiger partial charge in [-0.1, -0.05) is 31.2 Å². The van der Waals surface area contributed by atoms with Crippen molar-refractivity contribution >= 4 is 0 Å². The molecule has 1 saturated heterocycles. The van der Waals surface area contributed by atoms with Gasteiger partial charge in [-0.15, -0.1) is 0 Å². The molecule has 1 N–H and O–H groups in total. The molecule has 2 atom stereocenters. The Balaban J connectivity index is 1.69. The van der Waals surface area contributed by atoms with Crippen LogP contribution in [0.2, 0.25) is 0 Å². The van der Waals surface area contributed by atoms with E-state index >= 15 is 0 Å². The lowest BCUT2D eigenvalue weighted by atomic mass is 9.89. The van der Waals surface area contributed by atoms with Gasteiger partial charge in [0.2, 0.25) is 0 Å². The minimum atomic E-state index is 0.293. The monoisotopic (exact) mass is 259 g/mol. The molecule has 104 valence electrons. The van der Waals surface area contributed by atoms with Crippen molar-refractivity contribution in [3.8, 4) is 0 Å². The van der Waals surface area contributed by atoms with Gasteiger partial charge in [0.05, 0.1) is 6.10 Å². The third-order valence-electron chi connectivity index (χ3n) is 4.42. The first-order chi connectivity index (χ1) is 9.38. The number of nitrogens with one attached hydrogen (secondary N) is 1. The summed E-state index contributed by atoms with van der Waals surface area (Å²) in [5, 5.41) is 3.48. The molecule has 1 aliphatic carbocycles. The summed E-state index contributed by atoms with van der Waals surface area (Å²) < 4.78 is 6.05. The van der Waals surface area contributed by atoms with Crippen molar-refractivity contribution in [2.24, 2.45) is 5.92 Å². The number of hydrogen-bond donors (Lipinski definition) is 1. The number of benzene rings is 1. The Labute approximate surface area is 116 Å². The maximum absolute atomic E-state index is 6.05. The Morgan fingerprint density at radius 1 is 1.11 bits per heavy atom. The van der Waals surface area contributed by atoms with Crippen LogP contribution in [0.15, 0.2) is 24.3 Å². The van der Waals surface area contributed by atoms with E-state index in [0.717, 1.165) is 25.6 Å². The molecule has 2 fully saturated rings. The Morgan fingerprint density at radius 2 is 1.84 bits per heavy atom. The van der Waals surface area contributed by atoms with E-state index in [9.17, 15) is 0 Å². The summed E-state index contributed by atoms with van der Waals surface area (Å²) in [4.78, 5) is 0. The fourth-order valence-electron chi connectivity index (χ4n) is 3.13. The van der Waals surface area contributed by atoms with Crippen LogP contribution >= 0.6 is 0 Å². The maximum Gasteiger partial charge on any atom is 0.0865 e. The molecule has 2 aliphatic rings. The molecule has 3 rings (SSSR count). The Morgan fingerprint density at radius 3 is 2.53 bits per heavy atom. The van der Waals surface area contributed by atoms with Crippen LogP contribution < -0.4 is 5.32 Å². The van der Waals surface area contributed by atoms with Crippen LogP contribution in [0.25, 0.3) is 0 Å². The van der Waals surface area contributed by atoms with Gasteiger partial charge in [-0.3, -0.25) is 0 Å². The van der Waals surface area contributed by atoms with E-state index in [0.29, 0.717) is 12.0 Å². The molecule has 0 spiro atoms. The van der Waals surface area contributed by atoms with Crippen molar-refractivity contribution in [1.29, 1.82) is 0 Å². The fraction of sp³-hybridized carbons (Fsp3) is 0.647. The lowest BCUT2D eigenvalue weighted by Gasteiger charge is -2.32. The largest absolute Gasteiger partial charge is 0.373 e. The second-order valence-corrected chi connectivity index (χ2v) is 5.94. The Hall–Kier alpha value is -0.860. The van der Waals surface area contributed by atoms with Gasteiger partial charge in [0.25, 0.3) is 0 Å². The van der Waals surface area contributed by atoms with Crippen LogP contribution in [-0.2, 0) is 4.74 Å². The van der Waals surface area contributed by atoms with E-state index in [-0.39, 0.29) is 0 Å². The summed E-state index contributed by atoms with van der Waals surface area (Å²) in [5.41, 5.74) is 2.88. The van der Waals surface area contributed by atoms with Crippen molar-refractivity contribution in [2.75, 3.05) is 19.7 Å². The normalized spacial score (nSPS) is 27.4. The molecule has 19 heavy (non-hydrogen) atoms. The first kappa shape index (κ1) is 13.1. The Bertz CT molecular complexity index is 396. The molecule has 2 heteroatoms. The van der Waals surface area contributed by atoms with Gasteiger partial charge in [0, 0.05) is 19.1 Å². The van der Waals surface area contributed by atoms with E-state index in [2.05, 4.69) is 36.5 Å². The molecule has 0 aromatic heterocycles. The average molecular weight is 259 g/mol. The van der Waals surface area contributed by atoms with Gasteiger partial charge < -0.3 is 10.1 Å². The van der Waals surface area contributed by atoms with Crippen LogP contribution in [-0.4, -0.2) is 19.7 Å². The van der Waals surface area contributed by atoms with Crippen molar-refractivity contribution in [3.05, 3.63) is 35.4 Å². The summed E-state index contributed by atoms with van der Waals surface area (Å²) in [7, 11) is 0. The van der Waals surface area contributed by atoms with Crippen molar-refractivity contribution < 1.29 is 4.74 Å². The lowest BCUT2D eigenvalue weighted by Crippen LogP contribution is -2.31. The zero-order chi connectivity index (χ0) is 13.1. The molecule has 1 aromatic carbocycles. The van der Waals surface area contributed by atoms with Gasteiger partial charge >= 0.3 is 0 Å². The molecule has 1 aromatic rings. The molecule has 0 bridgehead atoms. The number of hydrogen-bond acceptors (Lipinski definition) is 2. The van der Waals surface area contributed by atoms with Gasteiger partial charge in [-0.25, -0.2) is 0 Å². The van der Waals surface area contributed by atoms with Gasteiger partial charge in [0.1, 0.15) is 0 Å². The SMILES string of the molecule is CCNCC1CCCOC1c1ccc(C2CC2)cc1. The fourth-order valence-corrected chi connectivity index (χ4v) is 3.13. The molecule has 2 nitrogen and oxygen atoms in total. The predicted molar refractivity (Wildman–Crippen MR) is 78.4 cm³/mol. The predicted octanol–water partition coefficient (Wildman–Crippen LogP) is 3.64. The second-order valence-electron chi connectivity index (χ2n) is 5.94. The van der Waals surface area contributed by atoms with Crippen LogP contribution in [0.4, 0.5) is 0 Å². The summed E-state index contributed by atoms with van der Waals surface area (Å²) in [5.74, 6) is 1.47. The van der Waals surface area contributed by atoms with E-state index in [4.69, 9.17) is 4.74 Å². The molecule has 1 saturated carbocycles. The standard InChI is InChI=1S/C17H25NO/c1-2-18-12-16-4-3-11-19-17(16)15-9-7-14(8-10-15)13-5-6-13/h7-10,13,16-18H,2-6,11-12H2,1H3. The topological polar surface area (TPSA) is 21.3 Å². The highest BCUT2D eigenvalue weighted by atomic mass is 16.5. The lowest BCUT2D eigenvalue weighted by molar-refractivity contribution is -0.0276. The summed E-state index contributed by atoms with van der Waals surface area (Å²) in [6, 6.07) is 9.22. The summed E-state index contributed by atoms with van der Waals surface area (Å²) in [6.07, 6.45) is 5.53. The molecule has 0 radical (unpaired) electrons. The molecular formula is C17H25NO. The minimum absolute atomic E-state index is 0.293. The summed E-state index contributed by atoms with van der Waals surface area (Å²) >= 11 is 0. The third-order valence-corrected chi connectivity index (χ3v) is 4.42. The zero-order valence-corrected chi connectivity index (χ0v) is 11.9.